The lowest BCUT2D eigenvalue weighted by molar-refractivity contribution is -0.313. The molecule has 10 nitrogen and oxygen atoms in total. The molecule has 1 aliphatic heterocycles. The fraction of sp³-hybridized carbons (Fsp3) is 0.865. The van der Waals surface area contributed by atoms with Crippen molar-refractivity contribution >= 4 is 5.97 Å². The highest BCUT2D eigenvalue weighted by atomic mass is 16.7. The summed E-state index contributed by atoms with van der Waals surface area (Å²) in [7, 11) is 0. The van der Waals surface area contributed by atoms with Gasteiger partial charge in [-0.1, -0.05) is 66.2 Å². The van der Waals surface area contributed by atoms with Crippen LogP contribution in [0.2, 0.25) is 0 Å². The molecule has 0 bridgehead atoms. The molecule has 1 saturated heterocycles. The number of carbonyl (C=O) groups is 1. The van der Waals surface area contributed by atoms with Crippen molar-refractivity contribution < 1.29 is 50.0 Å². The zero-order chi connectivity index (χ0) is 35.0. The Morgan fingerprint density at radius 3 is 2.23 bits per heavy atom. The van der Waals surface area contributed by atoms with Gasteiger partial charge in [-0.05, 0) is 90.9 Å². The van der Waals surface area contributed by atoms with E-state index >= 15 is 0 Å². The number of rotatable bonds is 9. The number of allylic oxidation sites excluding steroid dienone is 2. The Kier molecular flexibility index (Phi) is 10.0. The Morgan fingerprint density at radius 1 is 0.979 bits per heavy atom. The molecule has 1 heterocycles. The second kappa shape index (κ2) is 12.7. The number of ether oxygens (including phenoxy) is 2. The molecule has 3 fully saturated rings. The summed E-state index contributed by atoms with van der Waals surface area (Å²) in [4.78, 5) is 12.9. The molecule has 14 atom stereocenters. The molecule has 0 spiro atoms. The van der Waals surface area contributed by atoms with Gasteiger partial charge < -0.3 is 45.2 Å². The Hall–Kier alpha value is -1.37. The zero-order valence-corrected chi connectivity index (χ0v) is 29.4. The maximum absolute atomic E-state index is 12.9. The number of aliphatic carboxylic acids is 1. The third-order valence-electron chi connectivity index (χ3n) is 14.4. The first kappa shape index (κ1) is 36.9. The standard InChI is InChI=1S/C37H60O10/c1-18(2)19(3)9-10-20(32(44)45)22-15-27(40)37(8)28-21(11-14-36(22,37)7)35(6)13-12-26(39)34(4,5)25(35)16-23(28)46-33-31(43)30(42)29(41)24(17-38)47-33/h18,20,22-27,29-31,33,38-43H,3,9-17H2,1-2,4-8H3,(H,44,45). The summed E-state index contributed by atoms with van der Waals surface area (Å²) in [5.74, 6) is -1.62. The van der Waals surface area contributed by atoms with Gasteiger partial charge in [0.15, 0.2) is 6.29 Å². The largest absolute Gasteiger partial charge is 0.481 e. The molecule has 10 heteroatoms. The van der Waals surface area contributed by atoms with E-state index in [-0.39, 0.29) is 23.2 Å². The molecule has 7 N–H and O–H groups in total. The van der Waals surface area contributed by atoms with Crippen molar-refractivity contribution in [1.29, 1.82) is 0 Å². The van der Waals surface area contributed by atoms with Crippen LogP contribution in [0, 0.1) is 45.3 Å². The van der Waals surface area contributed by atoms with Gasteiger partial charge in [0.05, 0.1) is 30.8 Å². The molecule has 0 amide bonds. The molecule has 47 heavy (non-hydrogen) atoms. The molecule has 4 aliphatic carbocycles. The van der Waals surface area contributed by atoms with Crippen molar-refractivity contribution in [2.75, 3.05) is 6.61 Å². The molecular formula is C37H60O10. The summed E-state index contributed by atoms with van der Waals surface area (Å²) >= 11 is 0. The second-order valence-corrected chi connectivity index (χ2v) is 17.1. The lowest BCUT2D eigenvalue weighted by Crippen LogP contribution is -2.62. The molecule has 0 radical (unpaired) electrons. The minimum absolute atomic E-state index is 0.0245. The number of hydrogen-bond donors (Lipinski definition) is 7. The second-order valence-electron chi connectivity index (χ2n) is 17.1. The predicted octanol–water partition coefficient (Wildman–Crippen LogP) is 3.56. The van der Waals surface area contributed by atoms with Crippen molar-refractivity contribution in [3.63, 3.8) is 0 Å². The first-order valence-electron chi connectivity index (χ1n) is 17.7. The van der Waals surface area contributed by atoms with Gasteiger partial charge in [-0.3, -0.25) is 4.79 Å². The van der Waals surface area contributed by atoms with E-state index in [1.807, 2.05) is 6.92 Å². The lowest BCUT2D eigenvalue weighted by atomic mass is 9.42. The molecule has 268 valence electrons. The monoisotopic (exact) mass is 664 g/mol. The van der Waals surface area contributed by atoms with Gasteiger partial charge in [0.25, 0.3) is 0 Å². The SMILES string of the molecule is C=C(CCC(C(=O)O)C1CC(O)C2(C)C3=C(CCC12C)C1(C)CCC(O)C(C)(C)C1CC3OC1OC(CO)C(O)C(O)C1O)C(C)C. The van der Waals surface area contributed by atoms with E-state index in [4.69, 9.17) is 9.47 Å². The highest BCUT2D eigenvalue weighted by Gasteiger charge is 2.69. The van der Waals surface area contributed by atoms with E-state index in [1.54, 1.807) is 0 Å². The van der Waals surface area contributed by atoms with Crippen LogP contribution >= 0.6 is 0 Å². The lowest BCUT2D eigenvalue weighted by Gasteiger charge is -2.64. The normalized spacial score (nSPS) is 46.9. The first-order valence-corrected chi connectivity index (χ1v) is 17.7. The zero-order valence-electron chi connectivity index (χ0n) is 29.4. The quantitative estimate of drug-likeness (QED) is 0.180. The van der Waals surface area contributed by atoms with E-state index < -0.39 is 83.8 Å². The van der Waals surface area contributed by atoms with Gasteiger partial charge in [0, 0.05) is 5.41 Å². The first-order chi connectivity index (χ1) is 21.8. The summed E-state index contributed by atoms with van der Waals surface area (Å²) < 4.78 is 12.5. The summed E-state index contributed by atoms with van der Waals surface area (Å²) in [6, 6.07) is 0. The highest BCUT2D eigenvalue weighted by molar-refractivity contribution is 5.71. The fourth-order valence-corrected chi connectivity index (χ4v) is 10.9. The van der Waals surface area contributed by atoms with Crippen molar-refractivity contribution in [1.82, 2.24) is 0 Å². The molecule has 0 aromatic heterocycles. The smallest absolute Gasteiger partial charge is 0.306 e. The van der Waals surface area contributed by atoms with Crippen molar-refractivity contribution in [3.8, 4) is 0 Å². The van der Waals surface area contributed by atoms with Gasteiger partial charge in [-0.15, -0.1) is 0 Å². The van der Waals surface area contributed by atoms with Crippen LogP contribution in [0.3, 0.4) is 0 Å². The van der Waals surface area contributed by atoms with Crippen LogP contribution in [-0.4, -0.2) is 97.3 Å². The highest BCUT2D eigenvalue weighted by Crippen LogP contribution is 2.73. The molecule has 0 aromatic rings. The van der Waals surface area contributed by atoms with Crippen LogP contribution in [0.5, 0.6) is 0 Å². The van der Waals surface area contributed by atoms with Crippen LogP contribution < -0.4 is 0 Å². The average molecular weight is 665 g/mol. The topological polar surface area (TPSA) is 177 Å². The van der Waals surface area contributed by atoms with Crippen molar-refractivity contribution in [2.45, 2.75) is 149 Å². The number of aliphatic hydroxyl groups is 6. The Labute approximate surface area is 279 Å². The molecule has 5 rings (SSSR count). The van der Waals surface area contributed by atoms with Crippen molar-refractivity contribution in [3.05, 3.63) is 23.3 Å². The summed E-state index contributed by atoms with van der Waals surface area (Å²) in [5.41, 5.74) is 0.837. The van der Waals surface area contributed by atoms with Crippen LogP contribution in [0.15, 0.2) is 23.3 Å². The van der Waals surface area contributed by atoms with Gasteiger partial charge in [-0.2, -0.15) is 0 Å². The summed E-state index contributed by atoms with van der Waals surface area (Å²) in [6.45, 7) is 18.3. The number of aliphatic hydroxyl groups excluding tert-OH is 6. The van der Waals surface area contributed by atoms with Crippen molar-refractivity contribution in [2.24, 2.45) is 45.3 Å². The van der Waals surface area contributed by atoms with Crippen LogP contribution in [0.4, 0.5) is 0 Å². The van der Waals surface area contributed by atoms with E-state index in [2.05, 4.69) is 48.1 Å². The Balaban J connectivity index is 1.61. The number of hydrogen-bond acceptors (Lipinski definition) is 9. The Morgan fingerprint density at radius 2 is 1.64 bits per heavy atom. The summed E-state index contributed by atoms with van der Waals surface area (Å²) in [5, 5.41) is 75.9. The predicted molar refractivity (Wildman–Crippen MR) is 175 cm³/mol. The minimum Gasteiger partial charge on any atom is -0.481 e. The third kappa shape index (κ3) is 5.57. The molecule has 0 aromatic carbocycles. The van der Waals surface area contributed by atoms with E-state index in [0.29, 0.717) is 44.9 Å². The number of carboxylic acid groups (broad SMARTS) is 1. The van der Waals surface area contributed by atoms with Gasteiger partial charge in [0.1, 0.15) is 24.4 Å². The van der Waals surface area contributed by atoms with Gasteiger partial charge in [-0.25, -0.2) is 0 Å². The van der Waals surface area contributed by atoms with Crippen LogP contribution in [0.25, 0.3) is 0 Å². The molecule has 14 unspecified atom stereocenters. The fourth-order valence-electron chi connectivity index (χ4n) is 10.9. The molecule has 5 aliphatic rings. The molecule has 2 saturated carbocycles. The maximum atomic E-state index is 12.9. The van der Waals surface area contributed by atoms with Crippen LogP contribution in [-0.2, 0) is 14.3 Å². The Bertz CT molecular complexity index is 1240. The average Bonchev–Trinajstić information content (AvgIpc) is 3.21. The minimum atomic E-state index is -1.60. The number of carboxylic acids is 1. The third-order valence-corrected chi connectivity index (χ3v) is 14.4. The number of fused-ring (bicyclic) bond motifs is 4. The summed E-state index contributed by atoms with van der Waals surface area (Å²) in [6.07, 6.45) is -4.74. The van der Waals surface area contributed by atoms with E-state index in [9.17, 15) is 40.5 Å². The van der Waals surface area contributed by atoms with E-state index in [0.717, 1.165) is 17.6 Å². The maximum Gasteiger partial charge on any atom is 0.306 e. The molecular weight excluding hydrogens is 604 g/mol. The van der Waals surface area contributed by atoms with Crippen LogP contribution in [0.1, 0.15) is 99.8 Å². The van der Waals surface area contributed by atoms with Gasteiger partial charge >= 0.3 is 5.97 Å². The van der Waals surface area contributed by atoms with E-state index in [1.165, 1.54) is 5.57 Å². The van der Waals surface area contributed by atoms with Gasteiger partial charge in [0.2, 0.25) is 0 Å².